The quantitative estimate of drug-likeness (QED) is 0.520. The van der Waals surface area contributed by atoms with Gasteiger partial charge in [-0.25, -0.2) is 4.79 Å². The number of likely N-dealkylation sites (N-methyl/N-ethyl adjacent to an activating group) is 1. The summed E-state index contributed by atoms with van der Waals surface area (Å²) < 4.78 is 6.84. The van der Waals surface area contributed by atoms with E-state index in [0.29, 0.717) is 21.5 Å². The number of hydrogen-bond donors (Lipinski definition) is 0. The van der Waals surface area contributed by atoms with Crippen LogP contribution in [0.1, 0.15) is 0 Å². The molecule has 0 radical (unpaired) electrons. The Labute approximate surface area is 153 Å². The van der Waals surface area contributed by atoms with E-state index in [4.69, 9.17) is 16.0 Å². The van der Waals surface area contributed by atoms with Crippen molar-refractivity contribution in [2.45, 2.75) is 6.54 Å². The molecule has 26 heavy (non-hydrogen) atoms. The predicted molar refractivity (Wildman–Crippen MR) is 101 cm³/mol. The lowest BCUT2D eigenvalue weighted by molar-refractivity contribution is -0.119. The fourth-order valence-electron chi connectivity index (χ4n) is 2.89. The fraction of sp³-hybridized carbons (Fsp3) is 0.105. The number of para-hydroxylation sites is 1. The molecule has 0 spiro atoms. The monoisotopic (exact) mass is 367 g/mol. The molecule has 130 valence electrons. The molecule has 7 heteroatoms. The van der Waals surface area contributed by atoms with Gasteiger partial charge in [0.25, 0.3) is 0 Å². The molecule has 0 saturated heterocycles. The van der Waals surface area contributed by atoms with Gasteiger partial charge in [0.05, 0.1) is 11.7 Å². The standard InChI is InChI=1S/C19H14ClN3O3/c1-22(13-8-6-12(20)7-9-13)17(24)11-23-18-14-4-2-3-5-16(14)26-19(25)15(18)10-21-23/h2-10H,11H2,1H3. The number of halogens is 1. The number of amides is 1. The van der Waals surface area contributed by atoms with Crippen LogP contribution in [0.15, 0.2) is 63.9 Å². The van der Waals surface area contributed by atoms with Crippen molar-refractivity contribution in [1.82, 2.24) is 9.78 Å². The van der Waals surface area contributed by atoms with Crippen molar-refractivity contribution >= 4 is 45.1 Å². The SMILES string of the molecule is CN(C(=O)Cn1ncc2c(=O)oc3ccccc3c21)c1ccc(Cl)cc1. The van der Waals surface area contributed by atoms with E-state index in [2.05, 4.69) is 5.10 Å². The Bertz CT molecular complexity index is 1180. The minimum absolute atomic E-state index is 0.00389. The minimum Gasteiger partial charge on any atom is -0.422 e. The third kappa shape index (κ3) is 2.74. The van der Waals surface area contributed by atoms with E-state index in [-0.39, 0.29) is 12.5 Å². The lowest BCUT2D eigenvalue weighted by Gasteiger charge is -2.17. The fourth-order valence-corrected chi connectivity index (χ4v) is 3.01. The van der Waals surface area contributed by atoms with Gasteiger partial charge in [-0.3, -0.25) is 9.48 Å². The topological polar surface area (TPSA) is 68.3 Å². The molecule has 2 heterocycles. The zero-order chi connectivity index (χ0) is 18.3. The van der Waals surface area contributed by atoms with Crippen molar-refractivity contribution in [1.29, 1.82) is 0 Å². The lowest BCUT2D eigenvalue weighted by atomic mass is 10.2. The molecule has 1 amide bonds. The maximum absolute atomic E-state index is 12.7. The van der Waals surface area contributed by atoms with Gasteiger partial charge in [0, 0.05) is 23.1 Å². The highest BCUT2D eigenvalue weighted by molar-refractivity contribution is 6.30. The van der Waals surface area contributed by atoms with Crippen molar-refractivity contribution in [3.8, 4) is 0 Å². The highest BCUT2D eigenvalue weighted by Crippen LogP contribution is 2.23. The highest BCUT2D eigenvalue weighted by atomic mass is 35.5. The first-order valence-electron chi connectivity index (χ1n) is 7.94. The van der Waals surface area contributed by atoms with Gasteiger partial charge in [-0.05, 0) is 36.4 Å². The first kappa shape index (κ1) is 16.4. The number of carbonyl (C=O) groups is 1. The molecule has 0 aliphatic rings. The summed E-state index contributed by atoms with van der Waals surface area (Å²) in [6.45, 7) is -0.00389. The van der Waals surface area contributed by atoms with Gasteiger partial charge in [-0.1, -0.05) is 23.7 Å². The zero-order valence-corrected chi connectivity index (χ0v) is 14.6. The molecule has 2 aromatic heterocycles. The summed E-state index contributed by atoms with van der Waals surface area (Å²) in [4.78, 5) is 26.4. The summed E-state index contributed by atoms with van der Waals surface area (Å²) >= 11 is 5.89. The van der Waals surface area contributed by atoms with E-state index >= 15 is 0 Å². The van der Waals surface area contributed by atoms with Crippen molar-refractivity contribution < 1.29 is 9.21 Å². The third-order valence-corrected chi connectivity index (χ3v) is 4.53. The molecule has 0 bridgehead atoms. The Balaban J connectivity index is 1.74. The maximum Gasteiger partial charge on any atom is 0.347 e. The van der Waals surface area contributed by atoms with Crippen LogP contribution in [0.5, 0.6) is 0 Å². The normalized spacial score (nSPS) is 11.2. The average Bonchev–Trinajstić information content (AvgIpc) is 3.06. The number of aromatic nitrogens is 2. The number of fused-ring (bicyclic) bond motifs is 3. The van der Waals surface area contributed by atoms with Gasteiger partial charge in [-0.2, -0.15) is 5.10 Å². The molecule has 4 rings (SSSR count). The Hall–Kier alpha value is -3.12. The van der Waals surface area contributed by atoms with Crippen LogP contribution in [0.4, 0.5) is 5.69 Å². The van der Waals surface area contributed by atoms with E-state index in [1.54, 1.807) is 43.4 Å². The molecule has 0 atom stereocenters. The van der Waals surface area contributed by atoms with Crippen molar-refractivity contribution in [2.24, 2.45) is 0 Å². The van der Waals surface area contributed by atoms with Crippen LogP contribution in [-0.2, 0) is 11.3 Å². The molecule has 2 aromatic carbocycles. The molecule has 0 N–H and O–H groups in total. The summed E-state index contributed by atoms with van der Waals surface area (Å²) in [5.74, 6) is -0.172. The first-order chi connectivity index (χ1) is 12.5. The van der Waals surface area contributed by atoms with Crippen molar-refractivity contribution in [3.63, 3.8) is 0 Å². The van der Waals surface area contributed by atoms with Gasteiger partial charge in [0.2, 0.25) is 5.91 Å². The first-order valence-corrected chi connectivity index (χ1v) is 8.32. The summed E-state index contributed by atoms with van der Waals surface area (Å²) in [6, 6.07) is 14.2. The van der Waals surface area contributed by atoms with E-state index in [1.807, 2.05) is 12.1 Å². The molecule has 0 fully saturated rings. The molecule has 4 aromatic rings. The second kappa shape index (κ2) is 6.31. The van der Waals surface area contributed by atoms with Crippen LogP contribution < -0.4 is 10.5 Å². The van der Waals surface area contributed by atoms with Crippen LogP contribution in [0, 0.1) is 0 Å². The Morgan fingerprint density at radius 1 is 1.15 bits per heavy atom. The van der Waals surface area contributed by atoms with Crippen LogP contribution in [0.25, 0.3) is 21.9 Å². The third-order valence-electron chi connectivity index (χ3n) is 4.28. The van der Waals surface area contributed by atoms with Gasteiger partial charge in [-0.15, -0.1) is 0 Å². The second-order valence-corrected chi connectivity index (χ2v) is 6.32. The molecule has 0 aliphatic heterocycles. The van der Waals surface area contributed by atoms with Crippen LogP contribution in [-0.4, -0.2) is 22.7 Å². The van der Waals surface area contributed by atoms with Gasteiger partial charge in [0.1, 0.15) is 17.5 Å². The number of anilines is 1. The molecular formula is C19H14ClN3O3. The molecule has 0 saturated carbocycles. The highest BCUT2D eigenvalue weighted by Gasteiger charge is 2.17. The smallest absolute Gasteiger partial charge is 0.347 e. The van der Waals surface area contributed by atoms with E-state index in [1.165, 1.54) is 15.8 Å². The van der Waals surface area contributed by atoms with Gasteiger partial charge >= 0.3 is 5.63 Å². The molecule has 0 unspecified atom stereocenters. The predicted octanol–water partition coefficient (Wildman–Crippen LogP) is 3.46. The average molecular weight is 368 g/mol. The van der Waals surface area contributed by atoms with Crippen LogP contribution in [0.2, 0.25) is 5.02 Å². The number of nitrogens with zero attached hydrogens (tertiary/aromatic N) is 3. The van der Waals surface area contributed by atoms with Crippen molar-refractivity contribution in [2.75, 3.05) is 11.9 Å². The van der Waals surface area contributed by atoms with Gasteiger partial charge < -0.3 is 9.32 Å². The molecular weight excluding hydrogens is 354 g/mol. The summed E-state index contributed by atoms with van der Waals surface area (Å²) in [7, 11) is 1.68. The summed E-state index contributed by atoms with van der Waals surface area (Å²) in [5, 5.41) is 5.92. The zero-order valence-electron chi connectivity index (χ0n) is 13.8. The lowest BCUT2D eigenvalue weighted by Crippen LogP contribution is -2.30. The summed E-state index contributed by atoms with van der Waals surface area (Å²) in [5.41, 5.74) is 1.31. The molecule has 0 aliphatic carbocycles. The molecule has 6 nitrogen and oxygen atoms in total. The van der Waals surface area contributed by atoms with Crippen molar-refractivity contribution in [3.05, 3.63) is 70.2 Å². The largest absolute Gasteiger partial charge is 0.422 e. The summed E-state index contributed by atoms with van der Waals surface area (Å²) in [6.07, 6.45) is 1.43. The van der Waals surface area contributed by atoms with E-state index < -0.39 is 5.63 Å². The van der Waals surface area contributed by atoms with E-state index in [9.17, 15) is 9.59 Å². The second-order valence-electron chi connectivity index (χ2n) is 5.88. The minimum atomic E-state index is -0.469. The maximum atomic E-state index is 12.7. The Kier molecular flexibility index (Phi) is 3.97. The number of hydrogen-bond acceptors (Lipinski definition) is 4. The number of carbonyl (C=O) groups excluding carboxylic acids is 1. The van der Waals surface area contributed by atoms with Crippen LogP contribution >= 0.6 is 11.6 Å². The Morgan fingerprint density at radius 3 is 2.65 bits per heavy atom. The van der Waals surface area contributed by atoms with Crippen LogP contribution in [0.3, 0.4) is 0 Å². The Morgan fingerprint density at radius 2 is 1.88 bits per heavy atom. The van der Waals surface area contributed by atoms with E-state index in [0.717, 1.165) is 11.1 Å². The number of rotatable bonds is 3. The number of benzene rings is 2. The van der Waals surface area contributed by atoms with Gasteiger partial charge in [0.15, 0.2) is 0 Å².